The zero-order valence-electron chi connectivity index (χ0n) is 24.5. The van der Waals surface area contributed by atoms with E-state index in [0.29, 0.717) is 22.8 Å². The number of halogens is 2. The molecule has 0 saturated carbocycles. The van der Waals surface area contributed by atoms with Crippen LogP contribution in [-0.2, 0) is 22.7 Å². The molecular formula is C30H31F2N7O3S. The predicted octanol–water partition coefficient (Wildman–Crippen LogP) is 5.82. The van der Waals surface area contributed by atoms with E-state index >= 15 is 8.78 Å². The SMILES string of the molecule is CN(C)C[C@@H]1CCN(c2ncc3c4c(c(-c5ncc(F)c6sc(NC(=O)OC(C)(C)C)c(C#N)c56)c(F)c3n2)COC4)C1. The minimum Gasteiger partial charge on any atom is -0.444 e. The Morgan fingerprint density at radius 2 is 2.02 bits per heavy atom. The van der Waals surface area contributed by atoms with Crippen LogP contribution < -0.4 is 10.2 Å². The highest BCUT2D eigenvalue weighted by atomic mass is 32.1. The summed E-state index contributed by atoms with van der Waals surface area (Å²) in [7, 11) is 4.08. The fourth-order valence-corrected chi connectivity index (χ4v) is 6.87. The first-order chi connectivity index (χ1) is 20.4. The zero-order chi connectivity index (χ0) is 30.6. The second kappa shape index (κ2) is 10.9. The van der Waals surface area contributed by atoms with E-state index in [2.05, 4.69) is 36.1 Å². The number of nitrogens with zero attached hydrogens (tertiary/aromatic N) is 6. The highest BCUT2D eigenvalue weighted by Crippen LogP contribution is 2.46. The van der Waals surface area contributed by atoms with Gasteiger partial charge in [-0.05, 0) is 58.3 Å². The van der Waals surface area contributed by atoms with Crippen molar-refractivity contribution < 1.29 is 23.0 Å². The average Bonchev–Trinajstić information content (AvgIpc) is 3.67. The molecule has 0 unspecified atom stereocenters. The summed E-state index contributed by atoms with van der Waals surface area (Å²) in [4.78, 5) is 30.3. The van der Waals surface area contributed by atoms with Gasteiger partial charge in [-0.25, -0.2) is 23.5 Å². The van der Waals surface area contributed by atoms with Crippen molar-refractivity contribution in [3.63, 3.8) is 0 Å². The first-order valence-electron chi connectivity index (χ1n) is 13.9. The maximum absolute atomic E-state index is 16.7. The van der Waals surface area contributed by atoms with Gasteiger partial charge in [0.15, 0.2) is 11.6 Å². The number of ether oxygens (including phenoxy) is 2. The second-order valence-electron chi connectivity index (χ2n) is 12.1. The number of thiophene rings is 1. The number of nitrogens with one attached hydrogen (secondary N) is 1. The largest absolute Gasteiger partial charge is 0.444 e. The van der Waals surface area contributed by atoms with Crippen LogP contribution in [0.1, 0.15) is 43.9 Å². The molecule has 10 nitrogen and oxygen atoms in total. The molecule has 1 atom stereocenters. The number of anilines is 2. The standard InChI is InChI=1S/C30H31F2N7O3S/c1-30(2,3)42-29(40)37-27-16(8-33)22-25(34-10-20(31)26(22)43-27)21-19-14-41-13-18(19)17-9-35-28(36-24(17)23(21)32)39-7-6-15(12-39)11-38(4)5/h9-10,15H,6-7,11-14H2,1-5H3,(H,37,40)/t15-/m0/s1. The molecule has 2 aliphatic heterocycles. The predicted molar refractivity (Wildman–Crippen MR) is 160 cm³/mol. The molecular weight excluding hydrogens is 576 g/mol. The van der Waals surface area contributed by atoms with Crippen LogP contribution in [0.4, 0.5) is 24.5 Å². The van der Waals surface area contributed by atoms with E-state index < -0.39 is 23.3 Å². The molecule has 0 aliphatic carbocycles. The Hall–Kier alpha value is -3.99. The van der Waals surface area contributed by atoms with Gasteiger partial charge in [0.1, 0.15) is 22.2 Å². The number of fused-ring (bicyclic) bond motifs is 4. The van der Waals surface area contributed by atoms with Gasteiger partial charge in [0.25, 0.3) is 0 Å². The van der Waals surface area contributed by atoms with Crippen LogP contribution >= 0.6 is 11.3 Å². The summed E-state index contributed by atoms with van der Waals surface area (Å²) in [5.41, 5.74) is 0.738. The molecule has 13 heteroatoms. The van der Waals surface area contributed by atoms with Gasteiger partial charge in [-0.3, -0.25) is 10.3 Å². The van der Waals surface area contributed by atoms with E-state index in [0.717, 1.165) is 49.2 Å². The van der Waals surface area contributed by atoms with Gasteiger partial charge >= 0.3 is 6.09 Å². The first-order valence-corrected chi connectivity index (χ1v) is 14.8. The quantitative estimate of drug-likeness (QED) is 0.300. The van der Waals surface area contributed by atoms with Gasteiger partial charge in [0.05, 0.1) is 35.4 Å². The molecule has 1 aromatic carbocycles. The van der Waals surface area contributed by atoms with Crippen LogP contribution in [0.5, 0.6) is 0 Å². The summed E-state index contributed by atoms with van der Waals surface area (Å²) in [5, 5.41) is 13.4. The van der Waals surface area contributed by atoms with E-state index in [1.807, 2.05) is 14.1 Å². The number of carbonyl (C=O) groups excluding carboxylic acids is 1. The van der Waals surface area contributed by atoms with Gasteiger partial charge in [0, 0.05) is 42.2 Å². The Bertz CT molecular complexity index is 1810. The number of amides is 1. The maximum Gasteiger partial charge on any atom is 0.412 e. The van der Waals surface area contributed by atoms with Crippen molar-refractivity contribution in [2.45, 2.75) is 46.0 Å². The van der Waals surface area contributed by atoms with Crippen molar-refractivity contribution >= 4 is 49.4 Å². The number of nitriles is 1. The Morgan fingerprint density at radius 3 is 2.74 bits per heavy atom. The Balaban J connectivity index is 1.50. The topological polar surface area (TPSA) is 116 Å². The summed E-state index contributed by atoms with van der Waals surface area (Å²) in [6.45, 7) is 7.91. The molecule has 224 valence electrons. The van der Waals surface area contributed by atoms with E-state index in [9.17, 15) is 10.1 Å². The minimum atomic E-state index is -0.796. The Kier molecular flexibility index (Phi) is 7.40. The lowest BCUT2D eigenvalue weighted by Crippen LogP contribution is -2.27. The molecule has 5 heterocycles. The molecule has 3 aromatic heterocycles. The smallest absolute Gasteiger partial charge is 0.412 e. The molecule has 1 amide bonds. The lowest BCUT2D eigenvalue weighted by Gasteiger charge is -2.19. The van der Waals surface area contributed by atoms with Crippen LogP contribution in [0, 0.1) is 28.9 Å². The molecule has 0 spiro atoms. The third kappa shape index (κ3) is 5.35. The fourth-order valence-electron chi connectivity index (χ4n) is 5.83. The monoisotopic (exact) mass is 607 g/mol. The van der Waals surface area contributed by atoms with Crippen LogP contribution in [0.25, 0.3) is 32.2 Å². The van der Waals surface area contributed by atoms with E-state index in [1.165, 1.54) is 0 Å². The number of benzene rings is 1. The molecule has 0 radical (unpaired) electrons. The Labute approximate surface area is 251 Å². The van der Waals surface area contributed by atoms with Crippen molar-refractivity contribution in [1.29, 1.82) is 5.26 Å². The Morgan fingerprint density at radius 1 is 1.26 bits per heavy atom. The molecule has 43 heavy (non-hydrogen) atoms. The van der Waals surface area contributed by atoms with E-state index in [-0.39, 0.29) is 50.6 Å². The molecule has 6 rings (SSSR count). The lowest BCUT2D eigenvalue weighted by atomic mass is 9.94. The van der Waals surface area contributed by atoms with Gasteiger partial charge < -0.3 is 19.3 Å². The summed E-state index contributed by atoms with van der Waals surface area (Å²) in [5.74, 6) is -0.459. The molecule has 1 saturated heterocycles. The molecule has 1 fully saturated rings. The lowest BCUT2D eigenvalue weighted by molar-refractivity contribution is 0.0636. The van der Waals surface area contributed by atoms with Crippen LogP contribution in [0.2, 0.25) is 0 Å². The van der Waals surface area contributed by atoms with Crippen molar-refractivity contribution in [1.82, 2.24) is 19.9 Å². The van der Waals surface area contributed by atoms with Crippen LogP contribution in [0.15, 0.2) is 12.4 Å². The minimum absolute atomic E-state index is 0.0348. The zero-order valence-corrected chi connectivity index (χ0v) is 25.4. The highest BCUT2D eigenvalue weighted by Gasteiger charge is 2.32. The van der Waals surface area contributed by atoms with Gasteiger partial charge in [-0.15, -0.1) is 11.3 Å². The van der Waals surface area contributed by atoms with Crippen molar-refractivity contribution in [3.8, 4) is 17.3 Å². The third-order valence-electron chi connectivity index (χ3n) is 7.51. The number of hydrogen-bond donors (Lipinski definition) is 1. The van der Waals surface area contributed by atoms with Crippen LogP contribution in [0.3, 0.4) is 0 Å². The number of rotatable bonds is 5. The van der Waals surface area contributed by atoms with Crippen molar-refractivity contribution in [2.75, 3.05) is 43.9 Å². The molecule has 0 bridgehead atoms. The van der Waals surface area contributed by atoms with Gasteiger partial charge in [-0.2, -0.15) is 5.26 Å². The summed E-state index contributed by atoms with van der Waals surface area (Å²) in [6.07, 6.45) is 2.82. The van der Waals surface area contributed by atoms with Gasteiger partial charge in [0.2, 0.25) is 5.95 Å². The molecule has 1 N–H and O–H groups in total. The first kappa shape index (κ1) is 29.1. The molecule has 4 aromatic rings. The maximum atomic E-state index is 16.7. The average molecular weight is 608 g/mol. The van der Waals surface area contributed by atoms with Crippen molar-refractivity contribution in [2.24, 2.45) is 5.92 Å². The van der Waals surface area contributed by atoms with Crippen molar-refractivity contribution in [3.05, 3.63) is 40.7 Å². The number of pyridine rings is 1. The number of aromatic nitrogens is 3. The highest BCUT2D eigenvalue weighted by molar-refractivity contribution is 7.23. The molecule has 2 aliphatic rings. The van der Waals surface area contributed by atoms with E-state index in [4.69, 9.17) is 9.47 Å². The normalized spacial score (nSPS) is 16.7. The number of carbonyl (C=O) groups is 1. The number of hydrogen-bond acceptors (Lipinski definition) is 10. The summed E-state index contributed by atoms with van der Waals surface area (Å²) in [6, 6.07) is 2.06. The van der Waals surface area contributed by atoms with Gasteiger partial charge in [-0.1, -0.05) is 0 Å². The summed E-state index contributed by atoms with van der Waals surface area (Å²) < 4.78 is 43.0. The summed E-state index contributed by atoms with van der Waals surface area (Å²) >= 11 is 0.866. The second-order valence-corrected chi connectivity index (χ2v) is 13.2. The fraction of sp³-hybridized carbons (Fsp3) is 0.433. The van der Waals surface area contributed by atoms with Crippen LogP contribution in [-0.4, -0.2) is 65.3 Å². The van der Waals surface area contributed by atoms with E-state index in [1.54, 1.807) is 27.0 Å². The third-order valence-corrected chi connectivity index (χ3v) is 8.63.